The second-order valence-electron chi connectivity index (χ2n) is 7.69. The minimum atomic E-state index is 0.101. The lowest BCUT2D eigenvalue weighted by Gasteiger charge is -2.36. The molecule has 1 aliphatic carbocycles. The van der Waals surface area contributed by atoms with Crippen LogP contribution in [0.1, 0.15) is 38.2 Å². The van der Waals surface area contributed by atoms with Crippen molar-refractivity contribution in [3.8, 4) is 11.5 Å². The van der Waals surface area contributed by atoms with Crippen molar-refractivity contribution in [3.05, 3.63) is 29.8 Å². The van der Waals surface area contributed by atoms with E-state index in [0.717, 1.165) is 48.9 Å². The minimum absolute atomic E-state index is 0.101. The van der Waals surface area contributed by atoms with E-state index in [1.165, 1.54) is 12.8 Å². The number of hydrogen-bond donors (Lipinski definition) is 0. The Balaban J connectivity index is 1.67. The molecule has 0 N–H and O–H groups in total. The van der Waals surface area contributed by atoms with E-state index in [4.69, 9.17) is 9.47 Å². The van der Waals surface area contributed by atoms with Crippen LogP contribution >= 0.6 is 0 Å². The predicted octanol–water partition coefficient (Wildman–Crippen LogP) is 3.40. The molecule has 1 amide bonds. The summed E-state index contributed by atoms with van der Waals surface area (Å²) in [5.74, 6) is 2.38. The molecule has 1 saturated carbocycles. The molecule has 142 valence electrons. The highest BCUT2D eigenvalue weighted by Crippen LogP contribution is 2.33. The van der Waals surface area contributed by atoms with E-state index in [1.54, 1.807) is 6.08 Å². The van der Waals surface area contributed by atoms with Crippen LogP contribution in [0.5, 0.6) is 11.5 Å². The molecule has 0 atom stereocenters. The molecule has 1 aromatic rings. The van der Waals surface area contributed by atoms with Crippen LogP contribution in [-0.2, 0) is 4.79 Å². The highest BCUT2D eigenvalue weighted by atomic mass is 16.7. The fourth-order valence-electron chi connectivity index (χ4n) is 3.61. The minimum Gasteiger partial charge on any atom is -0.454 e. The van der Waals surface area contributed by atoms with E-state index in [1.807, 2.05) is 38.4 Å². The van der Waals surface area contributed by atoms with Crippen molar-refractivity contribution in [2.45, 2.75) is 38.6 Å². The lowest BCUT2D eigenvalue weighted by atomic mass is 9.86. The Hall–Kier alpha value is -2.01. The molecule has 0 radical (unpaired) electrons. The van der Waals surface area contributed by atoms with Crippen LogP contribution in [0.15, 0.2) is 24.3 Å². The second kappa shape index (κ2) is 8.58. The van der Waals surface area contributed by atoms with Gasteiger partial charge in [0.25, 0.3) is 0 Å². The van der Waals surface area contributed by atoms with Crippen molar-refractivity contribution < 1.29 is 14.3 Å². The Morgan fingerprint density at radius 2 is 1.85 bits per heavy atom. The Morgan fingerprint density at radius 3 is 2.58 bits per heavy atom. The van der Waals surface area contributed by atoms with Gasteiger partial charge in [0, 0.05) is 25.2 Å². The normalized spacial score (nSPS) is 22.2. The predicted molar refractivity (Wildman–Crippen MR) is 103 cm³/mol. The summed E-state index contributed by atoms with van der Waals surface area (Å²) < 4.78 is 10.7. The maximum absolute atomic E-state index is 12.9. The van der Waals surface area contributed by atoms with Crippen LogP contribution in [0.2, 0.25) is 0 Å². The quantitative estimate of drug-likeness (QED) is 0.731. The van der Waals surface area contributed by atoms with E-state index in [2.05, 4.69) is 16.7 Å². The third-order valence-electron chi connectivity index (χ3n) is 5.31. The van der Waals surface area contributed by atoms with E-state index in [-0.39, 0.29) is 12.7 Å². The van der Waals surface area contributed by atoms with Crippen LogP contribution < -0.4 is 9.47 Å². The summed E-state index contributed by atoms with van der Waals surface area (Å²) in [5, 5.41) is 0. The molecule has 0 bridgehead atoms. The Labute approximate surface area is 156 Å². The number of rotatable bonds is 6. The molecule has 1 heterocycles. The molecule has 0 unspecified atom stereocenters. The molecular formula is C21H30N2O3. The largest absolute Gasteiger partial charge is 0.454 e. The number of benzene rings is 1. The van der Waals surface area contributed by atoms with Gasteiger partial charge in [0.2, 0.25) is 12.7 Å². The first-order valence-electron chi connectivity index (χ1n) is 9.56. The van der Waals surface area contributed by atoms with Crippen molar-refractivity contribution >= 4 is 12.0 Å². The molecule has 0 saturated heterocycles. The number of amides is 1. The van der Waals surface area contributed by atoms with Crippen molar-refractivity contribution in [2.24, 2.45) is 5.92 Å². The Bertz CT molecular complexity index is 649. The lowest BCUT2D eigenvalue weighted by Crippen LogP contribution is -2.44. The molecule has 3 rings (SSSR count). The van der Waals surface area contributed by atoms with E-state index < -0.39 is 0 Å². The number of carbonyl (C=O) groups excluding carboxylic acids is 1. The first kappa shape index (κ1) is 18.8. The van der Waals surface area contributed by atoms with Crippen molar-refractivity contribution in [1.82, 2.24) is 9.80 Å². The molecular weight excluding hydrogens is 328 g/mol. The Kier molecular flexibility index (Phi) is 6.20. The van der Waals surface area contributed by atoms with Gasteiger partial charge in [-0.25, -0.2) is 0 Å². The first-order valence-corrected chi connectivity index (χ1v) is 9.56. The van der Waals surface area contributed by atoms with E-state index >= 15 is 0 Å². The molecule has 1 aromatic carbocycles. The van der Waals surface area contributed by atoms with Crippen LogP contribution in [0.25, 0.3) is 6.08 Å². The smallest absolute Gasteiger partial charge is 0.246 e. The standard InChI is InChI=1S/C21H30N2O3/c1-16-4-8-18(9-5-16)23(13-12-22(2)3)21(24)11-7-17-6-10-19-20(14-17)26-15-25-19/h6-7,10-11,14,16,18H,4-5,8-9,12-13,15H2,1-3H3/b11-7+/t16-,18-. The van der Waals surface area contributed by atoms with Gasteiger partial charge in [-0.05, 0) is 69.5 Å². The van der Waals surface area contributed by atoms with Gasteiger partial charge in [0.05, 0.1) is 0 Å². The van der Waals surface area contributed by atoms with Crippen molar-refractivity contribution in [3.63, 3.8) is 0 Å². The molecule has 1 aliphatic heterocycles. The molecule has 2 aliphatic rings. The molecule has 26 heavy (non-hydrogen) atoms. The summed E-state index contributed by atoms with van der Waals surface area (Å²) in [5.41, 5.74) is 0.951. The molecule has 5 nitrogen and oxygen atoms in total. The zero-order chi connectivity index (χ0) is 18.5. The van der Waals surface area contributed by atoms with Gasteiger partial charge in [0.15, 0.2) is 11.5 Å². The third kappa shape index (κ3) is 4.79. The van der Waals surface area contributed by atoms with Crippen LogP contribution in [0, 0.1) is 5.92 Å². The van der Waals surface area contributed by atoms with Crippen molar-refractivity contribution in [1.29, 1.82) is 0 Å². The van der Waals surface area contributed by atoms with Gasteiger partial charge in [0.1, 0.15) is 0 Å². The van der Waals surface area contributed by atoms with Crippen LogP contribution in [-0.4, -0.2) is 55.7 Å². The number of ether oxygens (including phenoxy) is 2. The first-order chi connectivity index (χ1) is 12.5. The van der Waals surface area contributed by atoms with Gasteiger partial charge in [-0.15, -0.1) is 0 Å². The maximum atomic E-state index is 12.9. The fraction of sp³-hybridized carbons (Fsp3) is 0.571. The maximum Gasteiger partial charge on any atom is 0.246 e. The summed E-state index contributed by atoms with van der Waals surface area (Å²) in [7, 11) is 4.10. The number of likely N-dealkylation sites (N-methyl/N-ethyl adjacent to an activating group) is 1. The highest BCUT2D eigenvalue weighted by Gasteiger charge is 2.26. The van der Waals surface area contributed by atoms with Crippen molar-refractivity contribution in [2.75, 3.05) is 34.0 Å². The third-order valence-corrected chi connectivity index (χ3v) is 5.31. The number of hydrogen-bond acceptors (Lipinski definition) is 4. The lowest BCUT2D eigenvalue weighted by molar-refractivity contribution is -0.129. The van der Waals surface area contributed by atoms with Crippen LogP contribution in [0.3, 0.4) is 0 Å². The van der Waals surface area contributed by atoms with E-state index in [9.17, 15) is 4.79 Å². The second-order valence-corrected chi connectivity index (χ2v) is 7.69. The monoisotopic (exact) mass is 358 g/mol. The molecule has 1 fully saturated rings. The average Bonchev–Trinajstić information content (AvgIpc) is 3.09. The van der Waals surface area contributed by atoms with Gasteiger partial charge in [-0.1, -0.05) is 13.0 Å². The summed E-state index contributed by atoms with van der Waals surface area (Å²) in [6, 6.07) is 6.11. The zero-order valence-corrected chi connectivity index (χ0v) is 16.1. The number of nitrogens with zero attached hydrogens (tertiary/aromatic N) is 2. The topological polar surface area (TPSA) is 42.0 Å². The SMILES string of the molecule is CN(C)CCN(C(=O)/C=C/c1ccc2c(c1)OCO2)[C@H]1CC[C@H](C)CC1. The van der Waals surface area contributed by atoms with Gasteiger partial charge in [-0.2, -0.15) is 0 Å². The highest BCUT2D eigenvalue weighted by molar-refractivity contribution is 5.92. The zero-order valence-electron chi connectivity index (χ0n) is 16.1. The fourth-order valence-corrected chi connectivity index (χ4v) is 3.61. The van der Waals surface area contributed by atoms with Crippen LogP contribution in [0.4, 0.5) is 0 Å². The molecule has 0 aromatic heterocycles. The van der Waals surface area contributed by atoms with E-state index in [0.29, 0.717) is 6.04 Å². The molecule has 0 spiro atoms. The summed E-state index contributed by atoms with van der Waals surface area (Å²) in [6.07, 6.45) is 8.21. The number of fused-ring (bicyclic) bond motifs is 1. The van der Waals surface area contributed by atoms with Gasteiger partial charge in [-0.3, -0.25) is 4.79 Å². The summed E-state index contributed by atoms with van der Waals surface area (Å²) in [6.45, 7) is 4.23. The Morgan fingerprint density at radius 1 is 1.12 bits per heavy atom. The average molecular weight is 358 g/mol. The summed E-state index contributed by atoms with van der Waals surface area (Å²) in [4.78, 5) is 17.1. The van der Waals surface area contributed by atoms with Gasteiger partial charge < -0.3 is 19.3 Å². The van der Waals surface area contributed by atoms with Gasteiger partial charge >= 0.3 is 0 Å². The summed E-state index contributed by atoms with van der Waals surface area (Å²) >= 11 is 0. The molecule has 5 heteroatoms. The number of carbonyl (C=O) groups is 1.